The third-order valence-electron chi connectivity index (χ3n) is 4.26. The SMILES string of the molecule is Cc1ccnc(NC2CCN(c3nccn4cc(C(F)(F)F)nc34)C2)n1. The normalized spacial score (nSPS) is 17.8. The van der Waals surface area contributed by atoms with Crippen molar-refractivity contribution in [2.24, 2.45) is 0 Å². The minimum atomic E-state index is -4.49. The molecular formula is C16H16F3N7. The highest BCUT2D eigenvalue weighted by Crippen LogP contribution is 2.31. The summed E-state index contributed by atoms with van der Waals surface area (Å²) in [4.78, 5) is 18.4. The Balaban J connectivity index is 1.56. The van der Waals surface area contributed by atoms with E-state index in [2.05, 4.69) is 25.3 Å². The minimum absolute atomic E-state index is 0.0795. The Morgan fingerprint density at radius 2 is 2.04 bits per heavy atom. The van der Waals surface area contributed by atoms with Crippen molar-refractivity contribution in [3.05, 3.63) is 42.2 Å². The lowest BCUT2D eigenvalue weighted by molar-refractivity contribution is -0.140. The highest BCUT2D eigenvalue weighted by atomic mass is 19.4. The fourth-order valence-corrected chi connectivity index (χ4v) is 3.04. The maximum atomic E-state index is 12.9. The van der Waals surface area contributed by atoms with E-state index in [4.69, 9.17) is 0 Å². The molecule has 0 saturated carbocycles. The molecule has 4 rings (SSSR count). The van der Waals surface area contributed by atoms with Crippen molar-refractivity contribution < 1.29 is 13.2 Å². The van der Waals surface area contributed by atoms with E-state index in [0.717, 1.165) is 18.3 Å². The maximum absolute atomic E-state index is 12.9. The lowest BCUT2D eigenvalue weighted by Gasteiger charge is -2.18. The Morgan fingerprint density at radius 3 is 2.81 bits per heavy atom. The van der Waals surface area contributed by atoms with Crippen molar-refractivity contribution in [3.63, 3.8) is 0 Å². The molecule has 4 heterocycles. The van der Waals surface area contributed by atoms with Crippen LogP contribution in [0.25, 0.3) is 5.65 Å². The summed E-state index contributed by atoms with van der Waals surface area (Å²) in [6.45, 7) is 3.12. The minimum Gasteiger partial charge on any atom is -0.351 e. The Kier molecular flexibility index (Phi) is 3.89. The van der Waals surface area contributed by atoms with Gasteiger partial charge in [0.1, 0.15) is 0 Å². The van der Waals surface area contributed by atoms with Crippen molar-refractivity contribution in [2.45, 2.75) is 25.6 Å². The number of alkyl halides is 3. The van der Waals surface area contributed by atoms with Gasteiger partial charge in [-0.25, -0.2) is 19.9 Å². The van der Waals surface area contributed by atoms with E-state index in [1.807, 2.05) is 17.9 Å². The highest BCUT2D eigenvalue weighted by molar-refractivity contribution is 5.65. The van der Waals surface area contributed by atoms with E-state index < -0.39 is 11.9 Å². The van der Waals surface area contributed by atoms with E-state index in [9.17, 15) is 13.2 Å². The van der Waals surface area contributed by atoms with Crippen LogP contribution in [-0.4, -0.2) is 43.5 Å². The van der Waals surface area contributed by atoms with Gasteiger partial charge in [-0.15, -0.1) is 0 Å². The van der Waals surface area contributed by atoms with Crippen LogP contribution in [0, 0.1) is 6.92 Å². The molecule has 1 aliphatic heterocycles. The summed E-state index contributed by atoms with van der Waals surface area (Å²) in [6.07, 6.45) is 1.92. The summed E-state index contributed by atoms with van der Waals surface area (Å²) in [5.41, 5.74) is 0.141. The Hall–Kier alpha value is -2.91. The number of imidazole rings is 1. The summed E-state index contributed by atoms with van der Waals surface area (Å²) >= 11 is 0. The molecule has 10 heteroatoms. The van der Waals surface area contributed by atoms with E-state index >= 15 is 0 Å². The van der Waals surface area contributed by atoms with Crippen molar-refractivity contribution in [1.82, 2.24) is 24.3 Å². The number of halogens is 3. The predicted molar refractivity (Wildman–Crippen MR) is 89.0 cm³/mol. The molecule has 7 nitrogen and oxygen atoms in total. The largest absolute Gasteiger partial charge is 0.434 e. The van der Waals surface area contributed by atoms with E-state index in [-0.39, 0.29) is 11.7 Å². The van der Waals surface area contributed by atoms with Gasteiger partial charge in [-0.3, -0.25) is 0 Å². The number of aromatic nitrogens is 5. The molecule has 0 aliphatic carbocycles. The van der Waals surface area contributed by atoms with Gasteiger partial charge in [0.25, 0.3) is 0 Å². The summed E-state index contributed by atoms with van der Waals surface area (Å²) in [5.74, 6) is 0.987. The van der Waals surface area contributed by atoms with Crippen LogP contribution in [0.2, 0.25) is 0 Å². The molecule has 1 aliphatic rings. The Bertz CT molecular complexity index is 937. The first-order valence-electron chi connectivity index (χ1n) is 8.12. The molecule has 1 atom stereocenters. The third kappa shape index (κ3) is 3.14. The first kappa shape index (κ1) is 16.6. The van der Waals surface area contributed by atoms with Gasteiger partial charge >= 0.3 is 6.18 Å². The zero-order valence-corrected chi connectivity index (χ0v) is 13.9. The van der Waals surface area contributed by atoms with Crippen LogP contribution in [-0.2, 0) is 6.18 Å². The lowest BCUT2D eigenvalue weighted by Crippen LogP contribution is -2.27. The molecule has 3 aromatic rings. The number of aryl methyl sites for hydroxylation is 1. The summed E-state index contributed by atoms with van der Waals surface area (Å²) in [5, 5.41) is 3.26. The first-order valence-corrected chi connectivity index (χ1v) is 8.12. The van der Waals surface area contributed by atoms with Gasteiger partial charge in [0.15, 0.2) is 17.2 Å². The van der Waals surface area contributed by atoms with E-state index in [1.165, 1.54) is 16.8 Å². The number of hydrogen-bond donors (Lipinski definition) is 1. The number of rotatable bonds is 3. The van der Waals surface area contributed by atoms with Crippen LogP contribution in [0.5, 0.6) is 0 Å². The molecule has 26 heavy (non-hydrogen) atoms. The smallest absolute Gasteiger partial charge is 0.351 e. The van der Waals surface area contributed by atoms with E-state index in [0.29, 0.717) is 24.9 Å². The van der Waals surface area contributed by atoms with Gasteiger partial charge in [-0.05, 0) is 19.4 Å². The molecule has 0 aromatic carbocycles. The molecular weight excluding hydrogens is 347 g/mol. The topological polar surface area (TPSA) is 71.2 Å². The quantitative estimate of drug-likeness (QED) is 0.771. The number of nitrogens with zero attached hydrogens (tertiary/aromatic N) is 6. The van der Waals surface area contributed by atoms with Crippen LogP contribution in [0.1, 0.15) is 17.8 Å². The summed E-state index contributed by atoms with van der Waals surface area (Å²) in [7, 11) is 0. The average molecular weight is 363 g/mol. The number of fused-ring (bicyclic) bond motifs is 1. The first-order chi connectivity index (χ1) is 12.4. The van der Waals surface area contributed by atoms with Crippen molar-refractivity contribution >= 4 is 17.4 Å². The van der Waals surface area contributed by atoms with Crippen molar-refractivity contribution in [2.75, 3.05) is 23.3 Å². The molecule has 1 saturated heterocycles. The molecule has 0 radical (unpaired) electrons. The van der Waals surface area contributed by atoms with Crippen molar-refractivity contribution in [1.29, 1.82) is 0 Å². The van der Waals surface area contributed by atoms with Gasteiger partial charge in [0, 0.05) is 49.6 Å². The van der Waals surface area contributed by atoms with Crippen LogP contribution >= 0.6 is 0 Å². The number of hydrogen-bond acceptors (Lipinski definition) is 6. The maximum Gasteiger partial charge on any atom is 0.434 e. The zero-order valence-electron chi connectivity index (χ0n) is 13.9. The molecule has 1 unspecified atom stereocenters. The van der Waals surface area contributed by atoms with Gasteiger partial charge in [0.05, 0.1) is 0 Å². The molecule has 0 bridgehead atoms. The van der Waals surface area contributed by atoms with Gasteiger partial charge in [0.2, 0.25) is 5.95 Å². The van der Waals surface area contributed by atoms with Gasteiger partial charge in [-0.2, -0.15) is 13.2 Å². The molecule has 136 valence electrons. The Morgan fingerprint density at radius 1 is 1.19 bits per heavy atom. The second-order valence-electron chi connectivity index (χ2n) is 6.20. The molecule has 1 fully saturated rings. The Labute approximate surface area is 146 Å². The van der Waals surface area contributed by atoms with Crippen LogP contribution in [0.15, 0.2) is 30.9 Å². The van der Waals surface area contributed by atoms with Crippen LogP contribution < -0.4 is 10.2 Å². The van der Waals surface area contributed by atoms with Crippen molar-refractivity contribution in [3.8, 4) is 0 Å². The molecule has 0 amide bonds. The second kappa shape index (κ2) is 6.11. The lowest BCUT2D eigenvalue weighted by atomic mass is 10.3. The van der Waals surface area contributed by atoms with Gasteiger partial charge < -0.3 is 14.6 Å². The molecule has 1 N–H and O–H groups in total. The fourth-order valence-electron chi connectivity index (χ4n) is 3.04. The zero-order chi connectivity index (χ0) is 18.3. The molecule has 0 spiro atoms. The summed E-state index contributed by atoms with van der Waals surface area (Å²) in [6, 6.07) is 1.89. The fraction of sp³-hybridized carbons (Fsp3) is 0.375. The number of anilines is 2. The van der Waals surface area contributed by atoms with Gasteiger partial charge in [-0.1, -0.05) is 0 Å². The average Bonchev–Trinajstić information content (AvgIpc) is 3.20. The highest BCUT2D eigenvalue weighted by Gasteiger charge is 2.35. The van der Waals surface area contributed by atoms with Crippen LogP contribution in [0.4, 0.5) is 24.9 Å². The monoisotopic (exact) mass is 363 g/mol. The second-order valence-corrected chi connectivity index (χ2v) is 6.20. The third-order valence-corrected chi connectivity index (χ3v) is 4.26. The van der Waals surface area contributed by atoms with E-state index in [1.54, 1.807) is 6.20 Å². The number of nitrogens with one attached hydrogen (secondary N) is 1. The molecule has 3 aromatic heterocycles. The van der Waals surface area contributed by atoms with Crippen LogP contribution in [0.3, 0.4) is 0 Å². The standard InChI is InChI=1S/C16H16F3N7/c1-10-2-4-21-15(22-10)23-11-3-6-25(8-11)13-14-24-12(16(17,18)19)9-26(14)7-5-20-13/h2,4-5,7,9,11H,3,6,8H2,1H3,(H,21,22,23). The summed E-state index contributed by atoms with van der Waals surface area (Å²) < 4.78 is 40.2. The predicted octanol–water partition coefficient (Wildman–Crippen LogP) is 2.54.